The summed E-state index contributed by atoms with van der Waals surface area (Å²) in [6.45, 7) is 7.17. The number of hydrogen-bond donors (Lipinski definition) is 0. The van der Waals surface area contributed by atoms with Crippen molar-refractivity contribution in [1.29, 1.82) is 0 Å². The lowest BCUT2D eigenvalue weighted by atomic mass is 9.71. The summed E-state index contributed by atoms with van der Waals surface area (Å²) in [5, 5.41) is 0. The first-order chi connectivity index (χ1) is 17.9. The summed E-state index contributed by atoms with van der Waals surface area (Å²) in [6, 6.07) is 21.9. The van der Waals surface area contributed by atoms with Gasteiger partial charge in [-0.25, -0.2) is 0 Å². The van der Waals surface area contributed by atoms with Crippen molar-refractivity contribution in [3.63, 3.8) is 0 Å². The fourth-order valence-corrected chi connectivity index (χ4v) is 3.94. The number of benzene rings is 3. The highest BCUT2D eigenvalue weighted by Crippen LogP contribution is 2.40. The molecule has 0 spiro atoms. The third kappa shape index (κ3) is 7.33. The van der Waals surface area contributed by atoms with E-state index in [1.807, 2.05) is 36.4 Å². The van der Waals surface area contributed by atoms with E-state index in [0.717, 1.165) is 16.7 Å². The summed E-state index contributed by atoms with van der Waals surface area (Å²) in [5.74, 6) is 0.156. The minimum Gasteiger partial charge on any atom is -0.426 e. The van der Waals surface area contributed by atoms with E-state index in [-0.39, 0.29) is 17.9 Å². The zero-order valence-electron chi connectivity index (χ0n) is 21.2. The van der Waals surface area contributed by atoms with Crippen molar-refractivity contribution < 1.29 is 28.6 Å². The highest BCUT2D eigenvalue weighted by molar-refractivity contribution is 9.10. The van der Waals surface area contributed by atoms with Crippen molar-refractivity contribution in [1.82, 2.24) is 0 Å². The van der Waals surface area contributed by atoms with E-state index in [9.17, 15) is 14.4 Å². The number of rotatable bonds is 9. The van der Waals surface area contributed by atoms with Crippen molar-refractivity contribution in [3.8, 4) is 17.2 Å². The van der Waals surface area contributed by atoms with E-state index >= 15 is 0 Å². The van der Waals surface area contributed by atoms with Crippen LogP contribution in [0.15, 0.2) is 72.8 Å². The molecule has 3 aromatic carbocycles. The third-order valence-corrected chi connectivity index (χ3v) is 7.05. The predicted molar refractivity (Wildman–Crippen MR) is 157 cm³/mol. The van der Waals surface area contributed by atoms with E-state index < -0.39 is 19.9 Å². The van der Waals surface area contributed by atoms with Gasteiger partial charge in [0.2, 0.25) is 0 Å². The van der Waals surface area contributed by atoms with Crippen LogP contribution in [0, 0.1) is 0 Å². The summed E-state index contributed by atoms with van der Waals surface area (Å²) in [4.78, 5) is 34.7. The second-order valence-corrected chi connectivity index (χ2v) is 12.9. The molecule has 0 aliphatic rings. The molecule has 3 unspecified atom stereocenters. The molecule has 38 heavy (non-hydrogen) atoms. The summed E-state index contributed by atoms with van der Waals surface area (Å²) in [6.07, 6.45) is 0. The van der Waals surface area contributed by atoms with Crippen molar-refractivity contribution >= 4 is 65.7 Å². The van der Waals surface area contributed by atoms with E-state index in [0.29, 0.717) is 17.2 Å². The van der Waals surface area contributed by atoms with Gasteiger partial charge in [-0.05, 0) is 80.8 Å². The fraction of sp³-hybridized carbons (Fsp3) is 0.276. The molecule has 0 fully saturated rings. The minimum absolute atomic E-state index is 0.383. The standard InChI is InChI=1S/C29H27Br3O6/c1-17(30)26(33)36-23-11-5-20(6-12-23)29(4,21-7-13-24(14-8-21)37-27(34)18(2)31)22-9-15-25(16-10-22)38-28(35)19(3)32/h5-19H,1-4H3. The second kappa shape index (κ2) is 13.0. The van der Waals surface area contributed by atoms with Crippen molar-refractivity contribution in [3.05, 3.63) is 89.5 Å². The number of carbonyl (C=O) groups is 3. The summed E-state index contributed by atoms with van der Waals surface area (Å²) in [7, 11) is 0. The molecule has 6 nitrogen and oxygen atoms in total. The highest BCUT2D eigenvalue weighted by Gasteiger charge is 2.32. The number of hydrogen-bond acceptors (Lipinski definition) is 6. The van der Waals surface area contributed by atoms with Crippen LogP contribution in [-0.2, 0) is 19.8 Å². The Bertz CT molecular complexity index is 1110. The normalized spacial score (nSPS) is 14.9. The van der Waals surface area contributed by atoms with Gasteiger partial charge in [-0.2, -0.15) is 0 Å². The lowest BCUT2D eigenvalue weighted by Gasteiger charge is -2.32. The molecule has 9 heteroatoms. The smallest absolute Gasteiger partial charge is 0.324 e. The van der Waals surface area contributed by atoms with Gasteiger partial charge in [-0.3, -0.25) is 14.4 Å². The second-order valence-electron chi connectivity index (χ2n) is 8.81. The lowest BCUT2D eigenvalue weighted by molar-refractivity contribution is -0.134. The molecule has 0 aromatic heterocycles. The van der Waals surface area contributed by atoms with E-state index in [1.54, 1.807) is 57.2 Å². The molecular weight excluding hydrogens is 684 g/mol. The number of ether oxygens (including phenoxy) is 3. The van der Waals surface area contributed by atoms with Crippen molar-refractivity contribution in [2.24, 2.45) is 0 Å². The maximum absolute atomic E-state index is 12.0. The zero-order chi connectivity index (χ0) is 28.0. The Hall–Kier alpha value is -2.49. The maximum atomic E-state index is 12.0. The van der Waals surface area contributed by atoms with Gasteiger partial charge < -0.3 is 14.2 Å². The quantitative estimate of drug-likeness (QED) is 0.102. The topological polar surface area (TPSA) is 78.9 Å². The van der Waals surface area contributed by atoms with Crippen LogP contribution in [0.25, 0.3) is 0 Å². The van der Waals surface area contributed by atoms with Crippen molar-refractivity contribution in [2.45, 2.75) is 47.6 Å². The summed E-state index contributed by atoms with van der Waals surface area (Å²) in [5.41, 5.74) is 2.15. The molecule has 0 aliphatic heterocycles. The fourth-order valence-electron chi connectivity index (χ4n) is 3.66. The average molecular weight is 711 g/mol. The van der Waals surface area contributed by atoms with Crippen LogP contribution >= 0.6 is 47.8 Å². The van der Waals surface area contributed by atoms with Crippen LogP contribution in [0.3, 0.4) is 0 Å². The van der Waals surface area contributed by atoms with Crippen LogP contribution in [-0.4, -0.2) is 32.4 Å². The number of esters is 3. The molecule has 0 saturated carbocycles. The Morgan fingerprint density at radius 2 is 0.737 bits per heavy atom. The van der Waals surface area contributed by atoms with E-state index in [1.165, 1.54) is 0 Å². The Labute approximate surface area is 247 Å². The van der Waals surface area contributed by atoms with Crippen LogP contribution < -0.4 is 14.2 Å². The number of alkyl halides is 3. The van der Waals surface area contributed by atoms with Gasteiger partial charge in [0.15, 0.2) is 0 Å². The highest BCUT2D eigenvalue weighted by atomic mass is 79.9. The van der Waals surface area contributed by atoms with Gasteiger partial charge in [-0.1, -0.05) is 84.2 Å². The molecule has 0 aliphatic carbocycles. The summed E-state index contributed by atoms with van der Waals surface area (Å²) < 4.78 is 16.2. The monoisotopic (exact) mass is 708 g/mol. The van der Waals surface area contributed by atoms with Gasteiger partial charge in [0.1, 0.15) is 31.7 Å². The van der Waals surface area contributed by atoms with Crippen LogP contribution in [0.4, 0.5) is 0 Å². The molecule has 0 radical (unpaired) electrons. The third-order valence-electron chi connectivity index (χ3n) is 5.92. The number of halogens is 3. The van der Waals surface area contributed by atoms with Gasteiger partial charge in [0, 0.05) is 5.41 Å². The van der Waals surface area contributed by atoms with Gasteiger partial charge in [0.05, 0.1) is 0 Å². The molecule has 0 heterocycles. The molecule has 0 bridgehead atoms. The summed E-state index contributed by atoms with van der Waals surface area (Å²) >= 11 is 9.66. The van der Waals surface area contributed by atoms with Gasteiger partial charge in [0.25, 0.3) is 0 Å². The molecule has 0 amide bonds. The van der Waals surface area contributed by atoms with Gasteiger partial charge >= 0.3 is 17.9 Å². The Morgan fingerprint density at radius 3 is 0.921 bits per heavy atom. The maximum Gasteiger partial charge on any atom is 0.324 e. The van der Waals surface area contributed by atoms with Crippen LogP contribution in [0.1, 0.15) is 44.4 Å². The molecule has 200 valence electrons. The molecule has 3 rings (SSSR count). The Morgan fingerprint density at radius 1 is 0.526 bits per heavy atom. The number of carbonyl (C=O) groups excluding carboxylic acids is 3. The van der Waals surface area contributed by atoms with Crippen LogP contribution in [0.5, 0.6) is 17.2 Å². The molecule has 3 aromatic rings. The first-order valence-electron chi connectivity index (χ1n) is 11.8. The van der Waals surface area contributed by atoms with E-state index in [4.69, 9.17) is 14.2 Å². The SMILES string of the molecule is CC(Br)C(=O)Oc1ccc(C(C)(c2ccc(OC(=O)C(C)Br)cc2)c2ccc(OC(=O)C(C)Br)cc2)cc1. The minimum atomic E-state index is -0.651. The van der Waals surface area contributed by atoms with Crippen LogP contribution in [0.2, 0.25) is 0 Å². The molecular formula is C29H27Br3O6. The molecule has 0 N–H and O–H groups in total. The molecule has 3 atom stereocenters. The first kappa shape index (κ1) is 30.1. The lowest BCUT2D eigenvalue weighted by Crippen LogP contribution is -2.25. The zero-order valence-corrected chi connectivity index (χ0v) is 26.0. The Kier molecular flexibility index (Phi) is 10.3. The van der Waals surface area contributed by atoms with Gasteiger partial charge in [-0.15, -0.1) is 0 Å². The Balaban J connectivity index is 2.01. The predicted octanol–water partition coefficient (Wildman–Crippen LogP) is 7.11. The average Bonchev–Trinajstić information content (AvgIpc) is 2.89. The first-order valence-corrected chi connectivity index (χ1v) is 14.6. The molecule has 0 saturated heterocycles. The largest absolute Gasteiger partial charge is 0.426 e. The van der Waals surface area contributed by atoms with Crippen molar-refractivity contribution in [2.75, 3.05) is 0 Å². The van der Waals surface area contributed by atoms with E-state index in [2.05, 4.69) is 54.7 Å².